The van der Waals surface area contributed by atoms with Crippen molar-refractivity contribution in [2.24, 2.45) is 5.73 Å². The highest BCUT2D eigenvalue weighted by Gasteiger charge is 2.15. The molecule has 1 aromatic rings. The number of hydrogen-bond donors (Lipinski definition) is 2. The van der Waals surface area contributed by atoms with Crippen LogP contribution in [0.2, 0.25) is 0 Å². The third-order valence-corrected chi connectivity index (χ3v) is 1.87. The predicted molar refractivity (Wildman–Crippen MR) is 62.3 cm³/mol. The van der Waals surface area contributed by atoms with Crippen molar-refractivity contribution in [2.75, 3.05) is 6.54 Å². The number of guanidine groups is 1. The number of hydrogen-bond acceptors (Lipinski definition) is 2. The number of carbonyl (C=O) groups excluding carboxylic acids is 1. The number of carbonyl (C=O) groups is 1. The fourth-order valence-electron chi connectivity index (χ4n) is 1.16. The number of nitrogens with zero attached hydrogens (tertiary/aromatic N) is 1. The zero-order valence-electron chi connectivity index (χ0n) is 8.43. The zero-order valence-corrected chi connectivity index (χ0v) is 9.25. The van der Waals surface area contributed by atoms with E-state index in [2.05, 4.69) is 0 Å². The Balaban J connectivity index is 0.00000196. The summed E-state index contributed by atoms with van der Waals surface area (Å²) in [6.45, 7) is 2.19. The van der Waals surface area contributed by atoms with Crippen LogP contribution < -0.4 is 5.73 Å². The zero-order chi connectivity index (χ0) is 10.6. The van der Waals surface area contributed by atoms with Gasteiger partial charge in [-0.3, -0.25) is 15.1 Å². The maximum Gasteiger partial charge on any atom is 0.260 e. The summed E-state index contributed by atoms with van der Waals surface area (Å²) < 4.78 is 0. The van der Waals surface area contributed by atoms with Crippen LogP contribution in [0.1, 0.15) is 17.3 Å². The number of nitrogens with two attached hydrogens (primary N) is 1. The van der Waals surface area contributed by atoms with Crippen molar-refractivity contribution in [2.45, 2.75) is 6.92 Å². The van der Waals surface area contributed by atoms with Gasteiger partial charge in [0.2, 0.25) is 0 Å². The fourth-order valence-corrected chi connectivity index (χ4v) is 1.16. The summed E-state index contributed by atoms with van der Waals surface area (Å²) in [5.41, 5.74) is 5.82. The number of benzene rings is 1. The van der Waals surface area contributed by atoms with E-state index in [1.54, 1.807) is 31.2 Å². The summed E-state index contributed by atoms with van der Waals surface area (Å²) in [4.78, 5) is 12.9. The van der Waals surface area contributed by atoms with Crippen LogP contribution in [-0.4, -0.2) is 23.3 Å². The van der Waals surface area contributed by atoms with Crippen LogP contribution in [0.3, 0.4) is 0 Å². The van der Waals surface area contributed by atoms with Crippen LogP contribution in [0.15, 0.2) is 30.3 Å². The minimum Gasteiger partial charge on any atom is -0.370 e. The lowest BCUT2D eigenvalue weighted by Crippen LogP contribution is -2.41. The Morgan fingerprint density at radius 1 is 1.40 bits per heavy atom. The number of amides is 1. The summed E-state index contributed by atoms with van der Waals surface area (Å²) in [6.07, 6.45) is 0. The normalized spacial score (nSPS) is 8.87. The number of nitrogens with one attached hydrogen (secondary N) is 1. The SMILES string of the molecule is CCN(C(=N)N)C(=O)c1ccccc1.Cl. The Morgan fingerprint density at radius 3 is 2.33 bits per heavy atom. The summed E-state index contributed by atoms with van der Waals surface area (Å²) in [5, 5.41) is 7.21. The maximum absolute atomic E-state index is 11.7. The van der Waals surface area contributed by atoms with Crippen molar-refractivity contribution in [1.29, 1.82) is 5.41 Å². The van der Waals surface area contributed by atoms with Gasteiger partial charge in [-0.05, 0) is 19.1 Å². The first-order valence-electron chi connectivity index (χ1n) is 4.37. The molecule has 0 aromatic heterocycles. The van der Waals surface area contributed by atoms with Gasteiger partial charge in [-0.15, -0.1) is 12.4 Å². The monoisotopic (exact) mass is 227 g/mol. The topological polar surface area (TPSA) is 70.2 Å². The smallest absolute Gasteiger partial charge is 0.260 e. The molecule has 0 aliphatic carbocycles. The average molecular weight is 228 g/mol. The molecule has 0 radical (unpaired) electrons. The molecule has 1 aromatic carbocycles. The van der Waals surface area contributed by atoms with Gasteiger partial charge in [-0.1, -0.05) is 18.2 Å². The van der Waals surface area contributed by atoms with Gasteiger partial charge in [0.05, 0.1) is 0 Å². The minimum atomic E-state index is -0.236. The molecular weight excluding hydrogens is 214 g/mol. The van der Waals surface area contributed by atoms with E-state index in [9.17, 15) is 4.79 Å². The molecule has 5 heteroatoms. The largest absolute Gasteiger partial charge is 0.370 e. The molecule has 0 saturated carbocycles. The number of halogens is 1. The molecule has 0 atom stereocenters. The number of rotatable bonds is 2. The first-order chi connectivity index (χ1) is 6.66. The van der Waals surface area contributed by atoms with Crippen LogP contribution in [0.25, 0.3) is 0 Å². The molecule has 1 amide bonds. The van der Waals surface area contributed by atoms with E-state index in [4.69, 9.17) is 11.1 Å². The van der Waals surface area contributed by atoms with E-state index in [-0.39, 0.29) is 24.3 Å². The first-order valence-corrected chi connectivity index (χ1v) is 4.37. The van der Waals surface area contributed by atoms with Gasteiger partial charge in [0.25, 0.3) is 5.91 Å². The standard InChI is InChI=1S/C10H13N3O.ClH/c1-2-13(10(11)12)9(14)8-6-4-3-5-7-8;/h3-7H,2H2,1H3,(H3,11,12);1H. The molecule has 0 bridgehead atoms. The highest BCUT2D eigenvalue weighted by Crippen LogP contribution is 2.03. The van der Waals surface area contributed by atoms with E-state index in [0.717, 1.165) is 0 Å². The lowest BCUT2D eigenvalue weighted by Gasteiger charge is -2.18. The molecular formula is C10H14ClN3O. The summed E-state index contributed by atoms with van der Waals surface area (Å²) in [7, 11) is 0. The van der Waals surface area contributed by atoms with Crippen LogP contribution in [0.4, 0.5) is 0 Å². The van der Waals surface area contributed by atoms with E-state index in [0.29, 0.717) is 12.1 Å². The molecule has 15 heavy (non-hydrogen) atoms. The summed E-state index contributed by atoms with van der Waals surface area (Å²) in [6, 6.07) is 8.80. The van der Waals surface area contributed by atoms with Gasteiger partial charge in [0.15, 0.2) is 5.96 Å². The Bertz CT molecular complexity index is 340. The van der Waals surface area contributed by atoms with Gasteiger partial charge in [-0.2, -0.15) is 0 Å². The highest BCUT2D eigenvalue weighted by atomic mass is 35.5. The highest BCUT2D eigenvalue weighted by molar-refractivity contribution is 6.04. The third-order valence-electron chi connectivity index (χ3n) is 1.87. The van der Waals surface area contributed by atoms with Gasteiger partial charge in [-0.25, -0.2) is 0 Å². The van der Waals surface area contributed by atoms with Gasteiger partial charge >= 0.3 is 0 Å². The molecule has 4 nitrogen and oxygen atoms in total. The van der Waals surface area contributed by atoms with Crippen molar-refractivity contribution in [3.8, 4) is 0 Å². The summed E-state index contributed by atoms with van der Waals surface area (Å²) >= 11 is 0. The van der Waals surface area contributed by atoms with E-state index < -0.39 is 0 Å². The Kier molecular flexibility index (Phi) is 5.41. The minimum absolute atomic E-state index is 0. The van der Waals surface area contributed by atoms with Crippen molar-refractivity contribution in [1.82, 2.24) is 4.90 Å². The van der Waals surface area contributed by atoms with Crippen molar-refractivity contribution in [3.63, 3.8) is 0 Å². The van der Waals surface area contributed by atoms with Crippen LogP contribution in [-0.2, 0) is 0 Å². The second-order valence-electron chi connectivity index (χ2n) is 2.80. The van der Waals surface area contributed by atoms with E-state index in [1.165, 1.54) is 4.90 Å². The Hall–Kier alpha value is -1.55. The van der Waals surface area contributed by atoms with Gasteiger partial charge in [0.1, 0.15) is 0 Å². The molecule has 82 valence electrons. The predicted octanol–water partition coefficient (Wildman–Crippen LogP) is 1.46. The fraction of sp³-hybridized carbons (Fsp3) is 0.200. The van der Waals surface area contributed by atoms with Crippen molar-refractivity contribution in [3.05, 3.63) is 35.9 Å². The third kappa shape index (κ3) is 3.25. The van der Waals surface area contributed by atoms with Crippen molar-refractivity contribution >= 4 is 24.3 Å². The molecule has 0 fully saturated rings. The van der Waals surface area contributed by atoms with Gasteiger partial charge in [0, 0.05) is 12.1 Å². The Labute approximate surface area is 95.0 Å². The molecule has 0 saturated heterocycles. The second kappa shape index (κ2) is 6.03. The molecule has 1 rings (SSSR count). The first kappa shape index (κ1) is 13.5. The molecule has 0 aliphatic heterocycles. The van der Waals surface area contributed by atoms with Crippen LogP contribution in [0.5, 0.6) is 0 Å². The Morgan fingerprint density at radius 2 is 1.93 bits per heavy atom. The molecule has 0 spiro atoms. The lowest BCUT2D eigenvalue weighted by molar-refractivity contribution is 0.0850. The van der Waals surface area contributed by atoms with Crippen molar-refractivity contribution < 1.29 is 4.79 Å². The van der Waals surface area contributed by atoms with Crippen LogP contribution >= 0.6 is 12.4 Å². The van der Waals surface area contributed by atoms with Crippen LogP contribution in [0, 0.1) is 5.41 Å². The van der Waals surface area contributed by atoms with E-state index in [1.807, 2.05) is 6.07 Å². The quantitative estimate of drug-likeness (QED) is 0.593. The molecule has 0 heterocycles. The second-order valence-corrected chi connectivity index (χ2v) is 2.80. The molecule has 3 N–H and O–H groups in total. The molecule has 0 aliphatic rings. The maximum atomic E-state index is 11.7. The summed E-state index contributed by atoms with van der Waals surface area (Å²) in [5.74, 6) is -0.457. The van der Waals surface area contributed by atoms with Gasteiger partial charge < -0.3 is 5.73 Å². The molecule has 0 unspecified atom stereocenters. The lowest BCUT2D eigenvalue weighted by atomic mass is 10.2. The van der Waals surface area contributed by atoms with E-state index >= 15 is 0 Å². The average Bonchev–Trinajstić information content (AvgIpc) is 2.19.